The molecule has 4 aliphatic rings. The molecule has 4 aliphatic heterocycles. The number of aryl methyl sites for hydroxylation is 1. The van der Waals surface area contributed by atoms with Gasteiger partial charge in [0.2, 0.25) is 5.82 Å². The predicted octanol–water partition coefficient (Wildman–Crippen LogP) is 3.32. The summed E-state index contributed by atoms with van der Waals surface area (Å²) in [5, 5.41) is 13.9. The van der Waals surface area contributed by atoms with Crippen molar-refractivity contribution >= 4 is 34.9 Å². The molecular weight excluding hydrogens is 534 g/mol. The van der Waals surface area contributed by atoms with Crippen molar-refractivity contribution in [2.75, 3.05) is 29.4 Å². The molecule has 0 aliphatic carbocycles. The van der Waals surface area contributed by atoms with E-state index >= 15 is 0 Å². The zero-order valence-corrected chi connectivity index (χ0v) is 23.5. The number of fused-ring (bicyclic) bond motifs is 4. The molecule has 8 rings (SSSR count). The topological polar surface area (TPSA) is 124 Å². The number of piperidine rings is 2. The van der Waals surface area contributed by atoms with Crippen LogP contribution >= 0.6 is 0 Å². The number of benzene rings is 1. The SMILES string of the molecule is Cc1cc(N2CC[C@](C)(c3ccccc3)C2)cn2nc(C(=O)N3CC4CCC3C(=O)N4c3cccc(C(=O)O)n3)nc12. The summed E-state index contributed by atoms with van der Waals surface area (Å²) >= 11 is 0. The molecule has 0 saturated carbocycles. The van der Waals surface area contributed by atoms with Crippen molar-refractivity contribution in [2.45, 2.75) is 50.6 Å². The maximum Gasteiger partial charge on any atom is 0.354 e. The highest BCUT2D eigenvalue weighted by Gasteiger charge is 2.48. The number of hydrogen-bond acceptors (Lipinski definition) is 7. The number of amides is 2. The Morgan fingerprint density at radius 1 is 1.05 bits per heavy atom. The molecule has 7 heterocycles. The van der Waals surface area contributed by atoms with Crippen LogP contribution in [0.4, 0.5) is 11.5 Å². The second-order valence-corrected chi connectivity index (χ2v) is 11.8. The highest BCUT2D eigenvalue weighted by Crippen LogP contribution is 2.37. The number of aromatic carboxylic acids is 1. The van der Waals surface area contributed by atoms with Crippen molar-refractivity contribution in [3.63, 3.8) is 0 Å². The fourth-order valence-corrected chi connectivity index (χ4v) is 6.74. The van der Waals surface area contributed by atoms with Gasteiger partial charge in [0.15, 0.2) is 11.3 Å². The van der Waals surface area contributed by atoms with Gasteiger partial charge < -0.3 is 14.9 Å². The van der Waals surface area contributed by atoms with Gasteiger partial charge in [-0.15, -0.1) is 5.10 Å². The van der Waals surface area contributed by atoms with Gasteiger partial charge in [0.25, 0.3) is 11.8 Å². The molecule has 1 N–H and O–H groups in total. The molecule has 2 bridgehead atoms. The van der Waals surface area contributed by atoms with Crippen LogP contribution in [0.3, 0.4) is 0 Å². The van der Waals surface area contributed by atoms with E-state index in [1.54, 1.807) is 21.5 Å². The van der Waals surface area contributed by atoms with Crippen molar-refractivity contribution in [3.05, 3.63) is 83.4 Å². The van der Waals surface area contributed by atoms with E-state index < -0.39 is 12.0 Å². The number of aromatic nitrogens is 4. The Labute approximate surface area is 242 Å². The number of anilines is 2. The van der Waals surface area contributed by atoms with Crippen molar-refractivity contribution in [3.8, 4) is 0 Å². The van der Waals surface area contributed by atoms with Gasteiger partial charge in [-0.1, -0.05) is 43.3 Å². The highest BCUT2D eigenvalue weighted by atomic mass is 16.4. The Kier molecular flexibility index (Phi) is 6.00. The summed E-state index contributed by atoms with van der Waals surface area (Å²) in [5.74, 6) is -1.45. The third-order valence-corrected chi connectivity index (χ3v) is 9.01. The molecule has 11 nitrogen and oxygen atoms in total. The fraction of sp³-hybridized carbons (Fsp3) is 0.355. The van der Waals surface area contributed by atoms with Crippen LogP contribution in [0.1, 0.15) is 58.4 Å². The Balaban J connectivity index is 1.13. The second-order valence-electron chi connectivity index (χ2n) is 11.8. The standard InChI is InChI=1S/C31H31N7O4/c1-19-15-22(35-14-13-31(2,18-35)20-7-4-3-5-8-20)17-37-27(19)33-26(34-37)29(40)36-16-21-11-12-24(36)28(39)38(21)25-10-6-9-23(32-25)30(41)42/h3-10,15,17,21,24H,11-14,16,18H2,1-2H3,(H,41,42)/t21?,24?,31-/m0/s1. The number of hydrogen-bond donors (Lipinski definition) is 1. The molecule has 0 radical (unpaired) electrons. The van der Waals surface area contributed by atoms with E-state index in [4.69, 9.17) is 0 Å². The smallest absolute Gasteiger partial charge is 0.354 e. The number of nitrogens with zero attached hydrogens (tertiary/aromatic N) is 7. The number of carbonyl (C=O) groups excluding carboxylic acids is 2. The number of piperazine rings is 1. The first-order chi connectivity index (χ1) is 20.2. The van der Waals surface area contributed by atoms with Crippen LogP contribution in [0.15, 0.2) is 60.8 Å². The Bertz CT molecular complexity index is 1740. The maximum absolute atomic E-state index is 13.7. The summed E-state index contributed by atoms with van der Waals surface area (Å²) < 4.78 is 1.67. The lowest BCUT2D eigenvalue weighted by atomic mass is 9.82. The summed E-state index contributed by atoms with van der Waals surface area (Å²) in [4.78, 5) is 52.8. The summed E-state index contributed by atoms with van der Waals surface area (Å²) in [6.45, 7) is 6.36. The van der Waals surface area contributed by atoms with E-state index in [2.05, 4.69) is 57.2 Å². The molecule has 4 saturated heterocycles. The molecular formula is C31H31N7O4. The lowest BCUT2D eigenvalue weighted by Crippen LogP contribution is -2.67. The van der Waals surface area contributed by atoms with Crippen LogP contribution in [0.5, 0.6) is 0 Å². The first-order valence-electron chi connectivity index (χ1n) is 14.2. The monoisotopic (exact) mass is 565 g/mol. The van der Waals surface area contributed by atoms with Crippen LogP contribution < -0.4 is 9.80 Å². The average Bonchev–Trinajstić information content (AvgIpc) is 3.63. The number of rotatable bonds is 5. The minimum Gasteiger partial charge on any atom is -0.477 e. The quantitative estimate of drug-likeness (QED) is 0.391. The Morgan fingerprint density at radius 3 is 2.62 bits per heavy atom. The lowest BCUT2D eigenvalue weighted by molar-refractivity contribution is -0.128. The molecule has 2 unspecified atom stereocenters. The van der Waals surface area contributed by atoms with Crippen LogP contribution in [0.2, 0.25) is 0 Å². The van der Waals surface area contributed by atoms with Crippen LogP contribution in [0, 0.1) is 6.92 Å². The van der Waals surface area contributed by atoms with Crippen molar-refractivity contribution < 1.29 is 19.5 Å². The summed E-state index contributed by atoms with van der Waals surface area (Å²) in [6.07, 6.45) is 4.18. The summed E-state index contributed by atoms with van der Waals surface area (Å²) in [7, 11) is 0. The van der Waals surface area contributed by atoms with E-state index in [9.17, 15) is 19.5 Å². The van der Waals surface area contributed by atoms with Gasteiger partial charge in [-0.3, -0.25) is 14.5 Å². The zero-order valence-electron chi connectivity index (χ0n) is 23.5. The molecule has 2 amide bonds. The van der Waals surface area contributed by atoms with E-state index in [0.717, 1.165) is 30.8 Å². The van der Waals surface area contributed by atoms with E-state index in [-0.39, 0.29) is 34.8 Å². The van der Waals surface area contributed by atoms with Crippen LogP contribution in [-0.2, 0) is 10.2 Å². The lowest BCUT2D eigenvalue weighted by Gasteiger charge is -2.49. The molecule has 3 aromatic heterocycles. The molecule has 42 heavy (non-hydrogen) atoms. The minimum atomic E-state index is -1.16. The summed E-state index contributed by atoms with van der Waals surface area (Å²) in [5.41, 5.74) is 3.80. The maximum atomic E-state index is 13.7. The van der Waals surface area contributed by atoms with Crippen molar-refractivity contribution in [2.24, 2.45) is 0 Å². The van der Waals surface area contributed by atoms with Crippen molar-refractivity contribution in [1.29, 1.82) is 0 Å². The minimum absolute atomic E-state index is 0.0477. The van der Waals surface area contributed by atoms with Gasteiger partial charge >= 0.3 is 5.97 Å². The molecule has 0 spiro atoms. The molecule has 1 aromatic carbocycles. The van der Waals surface area contributed by atoms with Crippen LogP contribution in [0.25, 0.3) is 5.65 Å². The van der Waals surface area contributed by atoms with Gasteiger partial charge in [-0.2, -0.15) is 0 Å². The normalized spacial score (nSPS) is 23.7. The van der Waals surface area contributed by atoms with Gasteiger partial charge in [-0.25, -0.2) is 19.3 Å². The van der Waals surface area contributed by atoms with E-state index in [1.165, 1.54) is 16.5 Å². The number of carboxylic acids is 1. The summed E-state index contributed by atoms with van der Waals surface area (Å²) in [6, 6.07) is 16.3. The Hall–Kier alpha value is -4.80. The molecule has 11 heteroatoms. The van der Waals surface area contributed by atoms with Crippen LogP contribution in [-0.4, -0.2) is 79.1 Å². The van der Waals surface area contributed by atoms with Gasteiger partial charge in [0.05, 0.1) is 17.9 Å². The fourth-order valence-electron chi connectivity index (χ4n) is 6.74. The van der Waals surface area contributed by atoms with Gasteiger partial charge in [0, 0.05) is 25.0 Å². The first kappa shape index (κ1) is 26.1. The van der Waals surface area contributed by atoms with Gasteiger partial charge in [0.1, 0.15) is 11.9 Å². The zero-order chi connectivity index (χ0) is 29.2. The molecule has 4 aromatic rings. The van der Waals surface area contributed by atoms with E-state index in [1.807, 2.05) is 19.2 Å². The molecule has 214 valence electrons. The molecule has 3 atom stereocenters. The third kappa shape index (κ3) is 4.18. The average molecular weight is 566 g/mol. The number of pyridine rings is 2. The predicted molar refractivity (Wildman–Crippen MR) is 155 cm³/mol. The molecule has 4 fully saturated rings. The number of carboxylic acid groups (broad SMARTS) is 1. The third-order valence-electron chi connectivity index (χ3n) is 9.01. The van der Waals surface area contributed by atoms with Gasteiger partial charge in [-0.05, 0) is 55.5 Å². The highest BCUT2D eigenvalue weighted by molar-refractivity contribution is 6.03. The second kappa shape index (κ2) is 9.64. The largest absolute Gasteiger partial charge is 0.477 e. The first-order valence-corrected chi connectivity index (χ1v) is 14.2. The number of carbonyl (C=O) groups is 3. The Morgan fingerprint density at radius 2 is 1.86 bits per heavy atom. The van der Waals surface area contributed by atoms with E-state index in [0.29, 0.717) is 30.9 Å². The van der Waals surface area contributed by atoms with Crippen molar-refractivity contribution in [1.82, 2.24) is 24.5 Å².